The number of nitrogens with two attached hydrogens (primary N) is 1. The van der Waals surface area contributed by atoms with Gasteiger partial charge in [-0.05, 0) is 18.9 Å². The third-order valence-corrected chi connectivity index (χ3v) is 2.46. The lowest BCUT2D eigenvalue weighted by Gasteiger charge is -2.07. The first-order valence-electron chi connectivity index (χ1n) is 5.71. The van der Waals surface area contributed by atoms with Crippen LogP contribution in [0.4, 0.5) is 11.8 Å². The van der Waals surface area contributed by atoms with Gasteiger partial charge in [-0.15, -0.1) is 0 Å². The maximum atomic E-state index is 5.30. The Hall–Kier alpha value is -2.15. The van der Waals surface area contributed by atoms with E-state index in [2.05, 4.69) is 25.8 Å². The molecule has 18 heavy (non-hydrogen) atoms. The molecule has 0 aliphatic carbocycles. The standard InChI is InChI=1S/C11H17N7/c1-8-5-10(16-11(15-8)17-12)13-4-3-9-6-14-18(2)7-9/h5-7H,3-4,12H2,1-2H3,(H2,13,15,16,17). The van der Waals surface area contributed by atoms with Crippen LogP contribution in [0.25, 0.3) is 0 Å². The summed E-state index contributed by atoms with van der Waals surface area (Å²) in [5.41, 5.74) is 4.49. The van der Waals surface area contributed by atoms with Gasteiger partial charge in [-0.25, -0.2) is 10.8 Å². The molecule has 4 N–H and O–H groups in total. The number of aryl methyl sites for hydroxylation is 2. The molecule has 7 heteroatoms. The van der Waals surface area contributed by atoms with E-state index in [-0.39, 0.29) is 0 Å². The average molecular weight is 247 g/mol. The monoisotopic (exact) mass is 247 g/mol. The van der Waals surface area contributed by atoms with E-state index >= 15 is 0 Å². The van der Waals surface area contributed by atoms with Crippen LogP contribution < -0.4 is 16.6 Å². The maximum absolute atomic E-state index is 5.30. The van der Waals surface area contributed by atoms with Gasteiger partial charge in [-0.2, -0.15) is 10.1 Å². The van der Waals surface area contributed by atoms with Crippen molar-refractivity contribution in [1.29, 1.82) is 0 Å². The highest BCUT2D eigenvalue weighted by molar-refractivity contribution is 5.41. The minimum atomic E-state index is 0.416. The minimum absolute atomic E-state index is 0.416. The molecule has 7 nitrogen and oxygen atoms in total. The number of hydrazine groups is 1. The van der Waals surface area contributed by atoms with Gasteiger partial charge in [0.2, 0.25) is 5.95 Å². The van der Waals surface area contributed by atoms with E-state index < -0.39 is 0 Å². The third-order valence-electron chi connectivity index (χ3n) is 2.46. The first kappa shape index (κ1) is 12.3. The van der Waals surface area contributed by atoms with Crippen LogP contribution in [0.2, 0.25) is 0 Å². The van der Waals surface area contributed by atoms with Crippen LogP contribution in [0.3, 0.4) is 0 Å². The van der Waals surface area contributed by atoms with Crippen molar-refractivity contribution >= 4 is 11.8 Å². The van der Waals surface area contributed by atoms with Gasteiger partial charge in [-0.3, -0.25) is 10.1 Å². The van der Waals surface area contributed by atoms with E-state index in [1.54, 1.807) is 4.68 Å². The van der Waals surface area contributed by atoms with Crippen molar-refractivity contribution in [2.24, 2.45) is 12.9 Å². The van der Waals surface area contributed by atoms with Crippen LogP contribution >= 0.6 is 0 Å². The third kappa shape index (κ3) is 3.17. The molecular weight excluding hydrogens is 230 g/mol. The Balaban J connectivity index is 1.91. The van der Waals surface area contributed by atoms with Crippen molar-refractivity contribution in [2.45, 2.75) is 13.3 Å². The number of nitrogens with one attached hydrogen (secondary N) is 2. The summed E-state index contributed by atoms with van der Waals surface area (Å²) < 4.78 is 1.79. The topological polar surface area (TPSA) is 93.7 Å². The molecule has 0 spiro atoms. The zero-order valence-electron chi connectivity index (χ0n) is 10.5. The second-order valence-corrected chi connectivity index (χ2v) is 4.06. The number of aromatic nitrogens is 4. The highest BCUT2D eigenvalue weighted by Crippen LogP contribution is 2.08. The maximum Gasteiger partial charge on any atom is 0.239 e. The minimum Gasteiger partial charge on any atom is -0.370 e. The van der Waals surface area contributed by atoms with Gasteiger partial charge in [0, 0.05) is 31.5 Å². The molecule has 2 aromatic heterocycles. The van der Waals surface area contributed by atoms with E-state index in [9.17, 15) is 0 Å². The molecular formula is C11H17N7. The molecule has 0 bridgehead atoms. The predicted molar refractivity (Wildman–Crippen MR) is 70.0 cm³/mol. The van der Waals surface area contributed by atoms with Crippen molar-refractivity contribution in [1.82, 2.24) is 19.7 Å². The Bertz CT molecular complexity index is 520. The van der Waals surface area contributed by atoms with Gasteiger partial charge in [0.25, 0.3) is 0 Å². The summed E-state index contributed by atoms with van der Waals surface area (Å²) in [6, 6.07) is 1.88. The Kier molecular flexibility index (Phi) is 3.73. The smallest absolute Gasteiger partial charge is 0.239 e. The summed E-state index contributed by atoms with van der Waals surface area (Å²) >= 11 is 0. The van der Waals surface area contributed by atoms with Crippen LogP contribution in [-0.4, -0.2) is 26.3 Å². The molecule has 0 aliphatic rings. The summed E-state index contributed by atoms with van der Waals surface area (Å²) in [5.74, 6) is 6.48. The molecule has 0 aliphatic heterocycles. The highest BCUT2D eigenvalue weighted by Gasteiger charge is 2.01. The zero-order chi connectivity index (χ0) is 13.0. The lowest BCUT2D eigenvalue weighted by atomic mass is 10.2. The van der Waals surface area contributed by atoms with Gasteiger partial charge in [0.05, 0.1) is 6.20 Å². The summed E-state index contributed by atoms with van der Waals surface area (Å²) in [6.45, 7) is 2.68. The Morgan fingerprint density at radius 1 is 1.39 bits per heavy atom. The van der Waals surface area contributed by atoms with E-state index in [1.165, 1.54) is 5.56 Å². The number of rotatable bonds is 5. The zero-order valence-corrected chi connectivity index (χ0v) is 10.5. The van der Waals surface area contributed by atoms with Gasteiger partial charge in [0.15, 0.2) is 0 Å². The molecule has 0 saturated heterocycles. The Labute approximate surface area is 105 Å². The summed E-state index contributed by atoms with van der Waals surface area (Å²) in [5, 5.41) is 7.35. The number of hydrogen-bond acceptors (Lipinski definition) is 6. The van der Waals surface area contributed by atoms with Crippen molar-refractivity contribution in [2.75, 3.05) is 17.3 Å². The first-order chi connectivity index (χ1) is 8.67. The van der Waals surface area contributed by atoms with Gasteiger partial charge in [0.1, 0.15) is 5.82 Å². The number of nitrogens with zero attached hydrogens (tertiary/aromatic N) is 4. The fourth-order valence-corrected chi connectivity index (χ4v) is 1.66. The first-order valence-corrected chi connectivity index (χ1v) is 5.71. The van der Waals surface area contributed by atoms with Gasteiger partial charge in [-0.1, -0.05) is 0 Å². The molecule has 2 aromatic rings. The predicted octanol–water partition coefficient (Wildman–Crippen LogP) is 0.459. The number of hydrogen-bond donors (Lipinski definition) is 3. The fraction of sp³-hybridized carbons (Fsp3) is 0.364. The van der Waals surface area contributed by atoms with Crippen LogP contribution in [-0.2, 0) is 13.5 Å². The van der Waals surface area contributed by atoms with Crippen LogP contribution in [0.1, 0.15) is 11.3 Å². The lowest BCUT2D eigenvalue weighted by molar-refractivity contribution is 0.767. The normalized spacial score (nSPS) is 10.4. The highest BCUT2D eigenvalue weighted by atomic mass is 15.3. The van der Waals surface area contributed by atoms with Crippen molar-refractivity contribution in [3.63, 3.8) is 0 Å². The van der Waals surface area contributed by atoms with Crippen LogP contribution in [0, 0.1) is 6.92 Å². The second-order valence-electron chi connectivity index (χ2n) is 4.06. The molecule has 96 valence electrons. The number of nitrogen functional groups attached to an aromatic ring is 1. The quantitative estimate of drug-likeness (QED) is 0.525. The van der Waals surface area contributed by atoms with Gasteiger partial charge < -0.3 is 5.32 Å². The molecule has 0 fully saturated rings. The molecule has 0 radical (unpaired) electrons. The Morgan fingerprint density at radius 2 is 2.22 bits per heavy atom. The van der Waals surface area contributed by atoms with Crippen molar-refractivity contribution < 1.29 is 0 Å². The summed E-state index contributed by atoms with van der Waals surface area (Å²) in [7, 11) is 1.91. The van der Waals surface area contributed by atoms with E-state index in [1.807, 2.05) is 32.4 Å². The second kappa shape index (κ2) is 5.46. The molecule has 0 saturated carbocycles. The molecule has 0 aromatic carbocycles. The van der Waals surface area contributed by atoms with Crippen molar-refractivity contribution in [3.8, 4) is 0 Å². The average Bonchev–Trinajstić information content (AvgIpc) is 2.74. The molecule has 2 heterocycles. The summed E-state index contributed by atoms with van der Waals surface area (Å²) in [4.78, 5) is 8.33. The lowest BCUT2D eigenvalue weighted by Crippen LogP contribution is -2.13. The van der Waals surface area contributed by atoms with Crippen LogP contribution in [0.5, 0.6) is 0 Å². The summed E-state index contributed by atoms with van der Waals surface area (Å²) in [6.07, 6.45) is 4.75. The van der Waals surface area contributed by atoms with Crippen molar-refractivity contribution in [3.05, 3.63) is 29.7 Å². The fourth-order valence-electron chi connectivity index (χ4n) is 1.66. The molecule has 0 amide bonds. The van der Waals surface area contributed by atoms with Crippen LogP contribution in [0.15, 0.2) is 18.5 Å². The van der Waals surface area contributed by atoms with E-state index in [0.29, 0.717) is 5.95 Å². The molecule has 2 rings (SSSR count). The Morgan fingerprint density at radius 3 is 2.89 bits per heavy atom. The molecule has 0 unspecified atom stereocenters. The largest absolute Gasteiger partial charge is 0.370 e. The number of anilines is 2. The SMILES string of the molecule is Cc1cc(NCCc2cnn(C)c2)nc(NN)n1. The van der Waals surface area contributed by atoms with Gasteiger partial charge >= 0.3 is 0 Å². The molecule has 0 atom stereocenters. The van der Waals surface area contributed by atoms with E-state index in [4.69, 9.17) is 5.84 Å². The van der Waals surface area contributed by atoms with E-state index in [0.717, 1.165) is 24.5 Å².